The van der Waals surface area contributed by atoms with Gasteiger partial charge in [-0.2, -0.15) is 5.26 Å². The van der Waals surface area contributed by atoms with Gasteiger partial charge in [-0.1, -0.05) is 18.2 Å². The number of anilines is 1. The number of H-pyrrole nitrogens is 1. The van der Waals surface area contributed by atoms with Crippen molar-refractivity contribution < 1.29 is 12.4 Å². The zero-order chi connectivity index (χ0) is 17.4. The minimum Gasteiger partial charge on any atom is -0.496 e. The number of pyridine rings is 1. The van der Waals surface area contributed by atoms with Crippen molar-refractivity contribution in [1.29, 1.82) is 5.26 Å². The maximum absolute atomic E-state index is 12.1. The third-order valence-electron chi connectivity index (χ3n) is 4.48. The van der Waals surface area contributed by atoms with E-state index in [-0.39, 0.29) is 20.6 Å². The SMILES string of the molecule is COc1ccccc1-c1c[nH]c2nc(NC(=O)[C@H]3C[C@H]3C#N)ccc12.[HH].[HH]. The van der Waals surface area contributed by atoms with Gasteiger partial charge in [0.05, 0.1) is 25.0 Å². The molecule has 0 radical (unpaired) electrons. The van der Waals surface area contributed by atoms with Crippen molar-refractivity contribution in [3.8, 4) is 22.9 Å². The van der Waals surface area contributed by atoms with Crippen LogP contribution in [0.4, 0.5) is 5.82 Å². The van der Waals surface area contributed by atoms with Crippen LogP contribution in [0.1, 0.15) is 9.27 Å². The lowest BCUT2D eigenvalue weighted by atomic mass is 10.0. The van der Waals surface area contributed by atoms with Crippen LogP contribution in [0.2, 0.25) is 0 Å². The molecular weight excluding hydrogens is 316 g/mol. The fraction of sp³-hybridized carbons (Fsp3) is 0.211. The number of aromatic amines is 1. The summed E-state index contributed by atoms with van der Waals surface area (Å²) in [6.07, 6.45) is 2.51. The van der Waals surface area contributed by atoms with Gasteiger partial charge in [0, 0.05) is 25.6 Å². The molecule has 128 valence electrons. The van der Waals surface area contributed by atoms with E-state index in [1.807, 2.05) is 36.5 Å². The molecular formula is C19H20N4O2. The van der Waals surface area contributed by atoms with Gasteiger partial charge in [0.25, 0.3) is 0 Å². The molecule has 0 spiro atoms. The van der Waals surface area contributed by atoms with E-state index < -0.39 is 0 Å². The molecule has 1 aromatic carbocycles. The summed E-state index contributed by atoms with van der Waals surface area (Å²) in [5.74, 6) is 0.753. The zero-order valence-corrected chi connectivity index (χ0v) is 13.6. The number of methoxy groups -OCH3 is 1. The molecule has 2 aromatic heterocycles. The van der Waals surface area contributed by atoms with Crippen molar-refractivity contribution in [3.63, 3.8) is 0 Å². The Morgan fingerprint density at radius 2 is 2.20 bits per heavy atom. The highest BCUT2D eigenvalue weighted by atomic mass is 16.5. The maximum atomic E-state index is 12.1. The second-order valence-electron chi connectivity index (χ2n) is 6.06. The Morgan fingerprint density at radius 1 is 1.36 bits per heavy atom. The summed E-state index contributed by atoms with van der Waals surface area (Å²) < 4.78 is 5.43. The summed E-state index contributed by atoms with van der Waals surface area (Å²) in [7, 11) is 1.64. The highest BCUT2D eigenvalue weighted by Crippen LogP contribution is 2.39. The molecule has 0 bridgehead atoms. The quantitative estimate of drug-likeness (QED) is 0.757. The molecule has 4 rings (SSSR count). The molecule has 1 aliphatic rings. The topological polar surface area (TPSA) is 90.8 Å². The van der Waals surface area contributed by atoms with Crippen LogP contribution >= 0.6 is 0 Å². The molecule has 1 saturated carbocycles. The first kappa shape index (κ1) is 15.2. The number of benzene rings is 1. The van der Waals surface area contributed by atoms with E-state index in [0.29, 0.717) is 17.9 Å². The summed E-state index contributed by atoms with van der Waals surface area (Å²) in [5.41, 5.74) is 2.65. The summed E-state index contributed by atoms with van der Waals surface area (Å²) in [4.78, 5) is 19.7. The average molecular weight is 336 g/mol. The standard InChI is InChI=1S/C19H16N4O2.2H2/c1-25-16-5-3-2-4-12(16)15-10-21-18-13(15)6-7-17(22-18)23-19(24)14-8-11(14)9-20;;/h2-7,10-11,14H,8H2,1H3,(H2,21,22,23,24);2*1H/t11-,14-;;/m0../s1. The lowest BCUT2D eigenvalue weighted by Gasteiger charge is -2.07. The summed E-state index contributed by atoms with van der Waals surface area (Å²) >= 11 is 0. The first-order valence-electron chi connectivity index (χ1n) is 8.03. The number of aromatic nitrogens is 2. The van der Waals surface area contributed by atoms with Crippen LogP contribution in [0.5, 0.6) is 5.75 Å². The number of nitrogens with zero attached hydrogens (tertiary/aromatic N) is 2. The first-order valence-corrected chi connectivity index (χ1v) is 8.03. The lowest BCUT2D eigenvalue weighted by molar-refractivity contribution is -0.117. The van der Waals surface area contributed by atoms with Gasteiger partial charge in [0.2, 0.25) is 5.91 Å². The van der Waals surface area contributed by atoms with E-state index in [0.717, 1.165) is 22.3 Å². The number of para-hydroxylation sites is 1. The molecule has 1 aliphatic carbocycles. The number of hydrogen-bond acceptors (Lipinski definition) is 4. The number of rotatable bonds is 4. The van der Waals surface area contributed by atoms with Crippen LogP contribution in [-0.4, -0.2) is 23.0 Å². The number of hydrogen-bond donors (Lipinski definition) is 2. The maximum Gasteiger partial charge on any atom is 0.230 e. The van der Waals surface area contributed by atoms with Gasteiger partial charge in [0.1, 0.15) is 17.2 Å². The van der Waals surface area contributed by atoms with Gasteiger partial charge < -0.3 is 15.0 Å². The second-order valence-corrected chi connectivity index (χ2v) is 6.06. The summed E-state index contributed by atoms with van der Waals surface area (Å²) in [6, 6.07) is 13.6. The second kappa shape index (κ2) is 5.95. The number of fused-ring (bicyclic) bond motifs is 1. The van der Waals surface area contributed by atoms with Crippen LogP contribution in [0.15, 0.2) is 42.6 Å². The smallest absolute Gasteiger partial charge is 0.230 e. The van der Waals surface area contributed by atoms with Gasteiger partial charge in [-0.05, 0) is 24.6 Å². The average Bonchev–Trinajstić information content (AvgIpc) is 3.33. The van der Waals surface area contributed by atoms with Crippen molar-refractivity contribution in [2.45, 2.75) is 6.42 Å². The molecule has 2 N–H and O–H groups in total. The Hall–Kier alpha value is -3.33. The third kappa shape index (κ3) is 2.70. The van der Waals surface area contributed by atoms with Gasteiger partial charge >= 0.3 is 0 Å². The number of nitrogens with one attached hydrogen (secondary N) is 2. The van der Waals surface area contributed by atoms with E-state index in [1.165, 1.54) is 0 Å². The van der Waals surface area contributed by atoms with E-state index in [4.69, 9.17) is 10.00 Å². The van der Waals surface area contributed by atoms with Gasteiger partial charge in [-0.25, -0.2) is 4.98 Å². The molecule has 2 heterocycles. The third-order valence-corrected chi connectivity index (χ3v) is 4.48. The van der Waals surface area contributed by atoms with Gasteiger partial charge in [0.15, 0.2) is 0 Å². The number of ether oxygens (including phenoxy) is 1. The molecule has 3 aromatic rings. The van der Waals surface area contributed by atoms with Crippen LogP contribution in [0.25, 0.3) is 22.2 Å². The number of amides is 1. The fourth-order valence-electron chi connectivity index (χ4n) is 3.01. The normalized spacial score (nSPS) is 18.6. The van der Waals surface area contributed by atoms with Crippen LogP contribution in [-0.2, 0) is 4.79 Å². The summed E-state index contributed by atoms with van der Waals surface area (Å²) in [6.45, 7) is 0. The van der Waals surface area contributed by atoms with E-state index in [2.05, 4.69) is 21.4 Å². The highest BCUT2D eigenvalue weighted by molar-refractivity contribution is 5.98. The molecule has 2 atom stereocenters. The van der Waals surface area contributed by atoms with Gasteiger partial charge in [-0.15, -0.1) is 0 Å². The van der Waals surface area contributed by atoms with E-state index in [9.17, 15) is 4.79 Å². The van der Waals surface area contributed by atoms with Crippen molar-refractivity contribution in [2.75, 3.05) is 12.4 Å². The van der Waals surface area contributed by atoms with Crippen molar-refractivity contribution in [2.24, 2.45) is 11.8 Å². The van der Waals surface area contributed by atoms with Crippen molar-refractivity contribution in [1.82, 2.24) is 9.97 Å². The fourth-order valence-corrected chi connectivity index (χ4v) is 3.01. The minimum absolute atomic E-state index is 0. The molecule has 25 heavy (non-hydrogen) atoms. The zero-order valence-electron chi connectivity index (χ0n) is 13.6. The number of nitriles is 1. The molecule has 6 nitrogen and oxygen atoms in total. The largest absolute Gasteiger partial charge is 0.496 e. The molecule has 0 unspecified atom stereocenters. The Kier molecular flexibility index (Phi) is 3.62. The molecule has 0 saturated heterocycles. The first-order chi connectivity index (χ1) is 12.2. The minimum atomic E-state index is -0.213. The van der Waals surface area contributed by atoms with Crippen LogP contribution in [0.3, 0.4) is 0 Å². The van der Waals surface area contributed by atoms with E-state index >= 15 is 0 Å². The van der Waals surface area contributed by atoms with Crippen molar-refractivity contribution in [3.05, 3.63) is 42.6 Å². The van der Waals surface area contributed by atoms with Crippen LogP contribution < -0.4 is 10.1 Å². The van der Waals surface area contributed by atoms with Crippen molar-refractivity contribution >= 4 is 22.8 Å². The molecule has 0 aliphatic heterocycles. The summed E-state index contributed by atoms with van der Waals surface area (Å²) in [5, 5.41) is 12.6. The molecule has 6 heteroatoms. The molecule has 1 amide bonds. The predicted octanol–water partition coefficient (Wildman–Crippen LogP) is 3.83. The predicted molar refractivity (Wildman–Crippen MR) is 98.1 cm³/mol. The lowest BCUT2D eigenvalue weighted by Crippen LogP contribution is -2.15. The van der Waals surface area contributed by atoms with Gasteiger partial charge in [-0.3, -0.25) is 4.79 Å². The Labute approximate surface area is 147 Å². The number of carbonyl (C=O) groups excluding carboxylic acids is 1. The van der Waals surface area contributed by atoms with Crippen LogP contribution in [0, 0.1) is 23.2 Å². The highest BCUT2D eigenvalue weighted by Gasteiger charge is 2.43. The Bertz CT molecular complexity index is 1010. The molecule has 1 fully saturated rings. The Morgan fingerprint density at radius 3 is 2.96 bits per heavy atom. The number of carbonyl (C=O) groups is 1. The van der Waals surface area contributed by atoms with E-state index in [1.54, 1.807) is 13.2 Å². The monoisotopic (exact) mass is 336 g/mol. The Balaban J connectivity index is 0.00000131.